The Morgan fingerprint density at radius 1 is 1.50 bits per heavy atom. The van der Waals surface area contributed by atoms with Crippen molar-refractivity contribution in [1.82, 2.24) is 4.72 Å². The van der Waals surface area contributed by atoms with Crippen LogP contribution in [0.3, 0.4) is 0 Å². The molecule has 1 atom stereocenters. The third-order valence-electron chi connectivity index (χ3n) is 2.02. The van der Waals surface area contributed by atoms with E-state index in [0.717, 1.165) is 7.11 Å². The molecule has 0 bridgehead atoms. The average Bonchev–Trinajstić information content (AvgIpc) is 2.26. The lowest BCUT2D eigenvalue weighted by atomic mass is 10.2. The van der Waals surface area contributed by atoms with Crippen molar-refractivity contribution >= 4 is 16.0 Å². The number of carbonyl (C=O) groups is 1. The molecule has 0 amide bonds. The summed E-state index contributed by atoms with van der Waals surface area (Å²) < 4.78 is 29.6. The predicted octanol–water partition coefficient (Wildman–Crippen LogP) is 0.161. The Morgan fingerprint density at radius 3 is 2.62 bits per heavy atom. The van der Waals surface area contributed by atoms with Crippen molar-refractivity contribution in [3.8, 4) is 6.07 Å². The fourth-order valence-corrected chi connectivity index (χ4v) is 1.99. The molecule has 0 saturated carbocycles. The molecule has 6 nitrogen and oxygen atoms in total. The summed E-state index contributed by atoms with van der Waals surface area (Å²) in [5.41, 5.74) is 0. The number of methoxy groups -OCH3 is 1. The van der Waals surface area contributed by atoms with E-state index in [9.17, 15) is 13.2 Å². The molecule has 92 valence electrons. The van der Waals surface area contributed by atoms with Gasteiger partial charge >= 0.3 is 5.97 Å². The number of sulfonamides is 1. The molecule has 0 aromatic rings. The van der Waals surface area contributed by atoms with Crippen molar-refractivity contribution in [2.75, 3.05) is 13.7 Å². The van der Waals surface area contributed by atoms with Gasteiger partial charge in [-0.1, -0.05) is 0 Å². The lowest BCUT2D eigenvalue weighted by Crippen LogP contribution is -2.38. The van der Waals surface area contributed by atoms with Crippen molar-refractivity contribution in [2.24, 2.45) is 0 Å². The summed E-state index contributed by atoms with van der Waals surface area (Å²) in [4.78, 5) is 11.0. The maximum absolute atomic E-state index is 11.5. The smallest absolute Gasteiger partial charge is 0.325 e. The van der Waals surface area contributed by atoms with Gasteiger partial charge in [0.1, 0.15) is 0 Å². The van der Waals surface area contributed by atoms with E-state index in [0.29, 0.717) is 19.3 Å². The number of ether oxygens (including phenoxy) is 1. The SMILES string of the molecule is COC(=O)C(C)S(=O)(=O)NCCCCC#N. The van der Waals surface area contributed by atoms with Gasteiger partial charge in [0.2, 0.25) is 10.0 Å². The number of rotatable bonds is 7. The van der Waals surface area contributed by atoms with E-state index in [2.05, 4.69) is 9.46 Å². The van der Waals surface area contributed by atoms with Gasteiger partial charge in [0.05, 0.1) is 13.2 Å². The minimum atomic E-state index is -3.67. The first kappa shape index (κ1) is 14.9. The average molecular weight is 248 g/mol. The van der Waals surface area contributed by atoms with Crippen LogP contribution in [-0.2, 0) is 19.6 Å². The van der Waals surface area contributed by atoms with Crippen LogP contribution in [0.1, 0.15) is 26.2 Å². The maximum Gasteiger partial charge on any atom is 0.325 e. The number of unbranched alkanes of at least 4 members (excludes halogenated alkanes) is 2. The minimum Gasteiger partial charge on any atom is -0.468 e. The van der Waals surface area contributed by atoms with Crippen LogP contribution >= 0.6 is 0 Å². The molecular weight excluding hydrogens is 232 g/mol. The summed E-state index contributed by atoms with van der Waals surface area (Å²) in [5.74, 6) is -0.787. The topological polar surface area (TPSA) is 96.3 Å². The number of nitrogens with one attached hydrogen (secondary N) is 1. The van der Waals surface area contributed by atoms with Crippen molar-refractivity contribution in [2.45, 2.75) is 31.4 Å². The summed E-state index contributed by atoms with van der Waals surface area (Å²) >= 11 is 0. The molecular formula is C9H16N2O4S. The standard InChI is InChI=1S/C9H16N2O4S/c1-8(9(12)15-2)16(13,14)11-7-5-3-4-6-10/h8,11H,3-5,7H2,1-2H3. The Morgan fingerprint density at radius 2 is 2.12 bits per heavy atom. The molecule has 0 aliphatic carbocycles. The number of hydrogen-bond acceptors (Lipinski definition) is 5. The lowest BCUT2D eigenvalue weighted by Gasteiger charge is -2.11. The lowest BCUT2D eigenvalue weighted by molar-refractivity contribution is -0.139. The first-order chi connectivity index (χ1) is 7.45. The molecule has 0 radical (unpaired) electrons. The predicted molar refractivity (Wildman–Crippen MR) is 57.9 cm³/mol. The van der Waals surface area contributed by atoms with E-state index < -0.39 is 21.2 Å². The van der Waals surface area contributed by atoms with Gasteiger partial charge in [0.25, 0.3) is 0 Å². The van der Waals surface area contributed by atoms with E-state index >= 15 is 0 Å². The van der Waals surface area contributed by atoms with E-state index in [1.54, 1.807) is 0 Å². The zero-order valence-corrected chi connectivity index (χ0v) is 10.2. The normalized spacial score (nSPS) is 12.8. The van der Waals surface area contributed by atoms with Gasteiger partial charge in [-0.3, -0.25) is 4.79 Å². The number of hydrogen-bond donors (Lipinski definition) is 1. The monoisotopic (exact) mass is 248 g/mol. The maximum atomic E-state index is 11.5. The van der Waals surface area contributed by atoms with Crippen LogP contribution in [0.25, 0.3) is 0 Å². The van der Waals surface area contributed by atoms with Crippen molar-refractivity contribution in [3.05, 3.63) is 0 Å². The minimum absolute atomic E-state index is 0.228. The van der Waals surface area contributed by atoms with Gasteiger partial charge in [-0.25, -0.2) is 13.1 Å². The molecule has 0 saturated heterocycles. The molecule has 0 spiro atoms. The summed E-state index contributed by atoms with van der Waals surface area (Å²) in [5, 5.41) is 7.05. The number of nitrogens with zero attached hydrogens (tertiary/aromatic N) is 1. The molecule has 0 fully saturated rings. The van der Waals surface area contributed by atoms with Gasteiger partial charge < -0.3 is 4.74 Å². The highest BCUT2D eigenvalue weighted by molar-refractivity contribution is 7.90. The van der Waals surface area contributed by atoms with Crippen LogP contribution in [0, 0.1) is 11.3 Å². The molecule has 16 heavy (non-hydrogen) atoms. The van der Waals surface area contributed by atoms with Gasteiger partial charge in [-0.15, -0.1) is 0 Å². The molecule has 0 heterocycles. The second-order valence-electron chi connectivity index (χ2n) is 3.22. The molecule has 0 aromatic heterocycles. The Bertz CT molecular complexity index is 358. The van der Waals surface area contributed by atoms with Gasteiger partial charge in [-0.2, -0.15) is 5.26 Å². The van der Waals surface area contributed by atoms with Crippen molar-refractivity contribution in [3.63, 3.8) is 0 Å². The second-order valence-corrected chi connectivity index (χ2v) is 5.31. The van der Waals surface area contributed by atoms with E-state index in [-0.39, 0.29) is 6.54 Å². The Hall–Kier alpha value is -1.13. The van der Waals surface area contributed by atoms with E-state index in [1.807, 2.05) is 6.07 Å². The molecule has 1 unspecified atom stereocenters. The summed E-state index contributed by atoms with van der Waals surface area (Å²) in [7, 11) is -2.53. The molecule has 0 aromatic carbocycles. The molecule has 7 heteroatoms. The molecule has 0 rings (SSSR count). The fourth-order valence-electron chi connectivity index (χ4n) is 0.961. The van der Waals surface area contributed by atoms with E-state index in [1.165, 1.54) is 6.92 Å². The third kappa shape index (κ3) is 5.09. The highest BCUT2D eigenvalue weighted by Crippen LogP contribution is 2.01. The second kappa shape index (κ2) is 7.19. The van der Waals surface area contributed by atoms with Crippen LogP contribution in [-0.4, -0.2) is 33.3 Å². The van der Waals surface area contributed by atoms with Gasteiger partial charge in [-0.05, 0) is 19.8 Å². The number of carbonyl (C=O) groups excluding carboxylic acids is 1. The van der Waals surface area contributed by atoms with Gasteiger partial charge in [0.15, 0.2) is 5.25 Å². The Kier molecular flexibility index (Phi) is 6.69. The highest BCUT2D eigenvalue weighted by atomic mass is 32.2. The summed E-state index contributed by atoms with van der Waals surface area (Å²) in [6, 6.07) is 1.96. The quantitative estimate of drug-likeness (QED) is 0.511. The van der Waals surface area contributed by atoms with Crippen LogP contribution in [0.15, 0.2) is 0 Å². The highest BCUT2D eigenvalue weighted by Gasteiger charge is 2.27. The van der Waals surface area contributed by atoms with Crippen molar-refractivity contribution in [1.29, 1.82) is 5.26 Å². The zero-order valence-electron chi connectivity index (χ0n) is 9.39. The number of esters is 1. The van der Waals surface area contributed by atoms with E-state index in [4.69, 9.17) is 5.26 Å². The first-order valence-corrected chi connectivity index (χ1v) is 6.43. The zero-order chi connectivity index (χ0) is 12.6. The summed E-state index contributed by atoms with van der Waals surface area (Å²) in [6.07, 6.45) is 1.60. The number of nitriles is 1. The Labute approximate surface area is 95.6 Å². The van der Waals surface area contributed by atoms with Crippen LogP contribution in [0.4, 0.5) is 0 Å². The van der Waals surface area contributed by atoms with Crippen LogP contribution < -0.4 is 4.72 Å². The fraction of sp³-hybridized carbons (Fsp3) is 0.778. The molecule has 0 aliphatic rings. The van der Waals surface area contributed by atoms with Crippen LogP contribution in [0.5, 0.6) is 0 Å². The Balaban J connectivity index is 4.06. The van der Waals surface area contributed by atoms with Crippen molar-refractivity contribution < 1.29 is 17.9 Å². The third-order valence-corrected chi connectivity index (χ3v) is 3.75. The first-order valence-electron chi connectivity index (χ1n) is 4.89. The molecule has 0 aliphatic heterocycles. The largest absolute Gasteiger partial charge is 0.468 e. The van der Waals surface area contributed by atoms with Crippen LogP contribution in [0.2, 0.25) is 0 Å². The molecule has 1 N–H and O–H groups in total. The van der Waals surface area contributed by atoms with Gasteiger partial charge in [0, 0.05) is 13.0 Å². The summed E-state index contributed by atoms with van der Waals surface area (Å²) in [6.45, 7) is 1.49.